The number of carboxylic acids is 1. The van der Waals surface area contributed by atoms with E-state index >= 15 is 0 Å². The lowest BCUT2D eigenvalue weighted by Crippen LogP contribution is -2.36. The summed E-state index contributed by atoms with van der Waals surface area (Å²) in [6.07, 6.45) is 1.33. The van der Waals surface area contributed by atoms with Crippen LogP contribution < -0.4 is 0 Å². The second kappa shape index (κ2) is 6.08. The highest BCUT2D eigenvalue weighted by Gasteiger charge is 2.21. The van der Waals surface area contributed by atoms with Gasteiger partial charge in [-0.15, -0.1) is 6.58 Å². The van der Waals surface area contributed by atoms with E-state index in [4.69, 9.17) is 5.11 Å². The molecule has 1 N–H and O–H groups in total. The zero-order valence-electron chi connectivity index (χ0n) is 10.3. The van der Waals surface area contributed by atoms with Crippen LogP contribution in [0.2, 0.25) is 0 Å². The highest BCUT2D eigenvalue weighted by atomic mass is 19.1. The molecule has 0 radical (unpaired) electrons. The average Bonchev–Trinajstić information content (AvgIpc) is 2.32. The molecule has 0 bridgehead atoms. The van der Waals surface area contributed by atoms with E-state index in [9.17, 15) is 18.4 Å². The molecule has 1 rings (SSSR count). The van der Waals surface area contributed by atoms with E-state index in [0.717, 1.165) is 11.0 Å². The first-order valence-corrected chi connectivity index (χ1v) is 5.44. The Morgan fingerprint density at radius 3 is 2.53 bits per heavy atom. The van der Waals surface area contributed by atoms with Crippen molar-refractivity contribution >= 4 is 11.9 Å². The fraction of sp³-hybridized carbons (Fsp3) is 0.231. The van der Waals surface area contributed by atoms with Gasteiger partial charge in [-0.3, -0.25) is 9.59 Å². The van der Waals surface area contributed by atoms with Crippen LogP contribution in [0.4, 0.5) is 8.78 Å². The van der Waals surface area contributed by atoms with Gasteiger partial charge in [0.05, 0.1) is 5.56 Å². The first-order valence-electron chi connectivity index (χ1n) is 5.44. The second-order valence-corrected chi connectivity index (χ2v) is 3.95. The Morgan fingerprint density at radius 1 is 1.37 bits per heavy atom. The predicted octanol–water partition coefficient (Wildman–Crippen LogP) is 1.99. The number of aliphatic carboxylic acids is 1. The zero-order chi connectivity index (χ0) is 14.6. The fourth-order valence-electron chi connectivity index (χ4n) is 1.53. The van der Waals surface area contributed by atoms with Crippen LogP contribution in [-0.2, 0) is 4.79 Å². The molecule has 19 heavy (non-hydrogen) atoms. The van der Waals surface area contributed by atoms with Crippen LogP contribution in [0.5, 0.6) is 0 Å². The maximum Gasteiger partial charge on any atom is 0.323 e. The molecular weight excluding hydrogens is 256 g/mol. The van der Waals surface area contributed by atoms with Crippen molar-refractivity contribution in [3.8, 4) is 0 Å². The summed E-state index contributed by atoms with van der Waals surface area (Å²) in [7, 11) is 0. The lowest BCUT2D eigenvalue weighted by molar-refractivity contribution is -0.137. The van der Waals surface area contributed by atoms with E-state index in [1.54, 1.807) is 0 Å². The van der Waals surface area contributed by atoms with Gasteiger partial charge in [0, 0.05) is 12.6 Å². The van der Waals surface area contributed by atoms with Crippen molar-refractivity contribution < 1.29 is 23.5 Å². The van der Waals surface area contributed by atoms with E-state index in [-0.39, 0.29) is 17.7 Å². The number of carbonyl (C=O) groups is 2. The summed E-state index contributed by atoms with van der Waals surface area (Å²) in [5.41, 5.74) is -0.249. The molecule has 0 saturated heterocycles. The highest BCUT2D eigenvalue weighted by molar-refractivity contribution is 5.96. The van der Waals surface area contributed by atoms with Gasteiger partial charge in [0.25, 0.3) is 5.91 Å². The Kier molecular flexibility index (Phi) is 4.74. The van der Waals surface area contributed by atoms with Crippen molar-refractivity contribution in [2.24, 2.45) is 0 Å². The van der Waals surface area contributed by atoms with Gasteiger partial charge < -0.3 is 10.0 Å². The van der Waals surface area contributed by atoms with Crippen molar-refractivity contribution in [1.29, 1.82) is 0 Å². The number of amides is 1. The summed E-state index contributed by atoms with van der Waals surface area (Å²) in [5, 5.41) is 8.69. The second-order valence-electron chi connectivity index (χ2n) is 3.95. The molecule has 0 atom stereocenters. The van der Waals surface area contributed by atoms with Gasteiger partial charge in [-0.1, -0.05) is 6.08 Å². The molecule has 4 nitrogen and oxygen atoms in total. The lowest BCUT2D eigenvalue weighted by Gasteiger charge is -2.19. The van der Waals surface area contributed by atoms with Crippen LogP contribution in [0.3, 0.4) is 0 Å². The van der Waals surface area contributed by atoms with E-state index in [1.807, 2.05) is 0 Å². The zero-order valence-corrected chi connectivity index (χ0v) is 10.3. The Hall–Kier alpha value is -2.24. The minimum absolute atomic E-state index is 0.0407. The van der Waals surface area contributed by atoms with E-state index in [0.29, 0.717) is 6.07 Å². The number of carbonyl (C=O) groups excluding carboxylic acids is 1. The Bertz CT molecular complexity index is 529. The van der Waals surface area contributed by atoms with Crippen molar-refractivity contribution in [1.82, 2.24) is 4.90 Å². The van der Waals surface area contributed by atoms with Crippen molar-refractivity contribution in [3.63, 3.8) is 0 Å². The summed E-state index contributed by atoms with van der Waals surface area (Å²) in [6.45, 7) is 4.16. The van der Waals surface area contributed by atoms with Crippen LogP contribution in [0, 0.1) is 18.6 Å². The molecule has 0 aliphatic rings. The third-order valence-electron chi connectivity index (χ3n) is 2.44. The number of halogens is 2. The van der Waals surface area contributed by atoms with Crippen molar-refractivity contribution in [2.75, 3.05) is 13.1 Å². The largest absolute Gasteiger partial charge is 0.480 e. The molecule has 6 heteroatoms. The smallest absolute Gasteiger partial charge is 0.323 e. The van der Waals surface area contributed by atoms with E-state index < -0.39 is 30.1 Å². The summed E-state index contributed by atoms with van der Waals surface area (Å²) < 4.78 is 26.7. The van der Waals surface area contributed by atoms with Crippen LogP contribution in [0.15, 0.2) is 24.8 Å². The molecule has 0 fully saturated rings. The summed E-state index contributed by atoms with van der Waals surface area (Å²) in [6, 6.07) is 1.67. The number of rotatable bonds is 5. The number of benzene rings is 1. The van der Waals surface area contributed by atoms with Gasteiger partial charge in [-0.25, -0.2) is 8.78 Å². The number of hydrogen-bond acceptors (Lipinski definition) is 2. The molecule has 1 aromatic rings. The van der Waals surface area contributed by atoms with Crippen LogP contribution >= 0.6 is 0 Å². The van der Waals surface area contributed by atoms with Crippen LogP contribution in [-0.4, -0.2) is 35.0 Å². The molecule has 0 heterocycles. The van der Waals surface area contributed by atoms with Gasteiger partial charge in [0.15, 0.2) is 0 Å². The minimum atomic E-state index is -1.23. The molecule has 0 saturated carbocycles. The Labute approximate surface area is 109 Å². The first-order chi connectivity index (χ1) is 8.86. The summed E-state index contributed by atoms with van der Waals surface area (Å²) in [5.74, 6) is -3.83. The first kappa shape index (κ1) is 14.8. The normalized spacial score (nSPS) is 10.1. The van der Waals surface area contributed by atoms with Crippen LogP contribution in [0.25, 0.3) is 0 Å². The van der Waals surface area contributed by atoms with Crippen molar-refractivity contribution in [2.45, 2.75) is 6.92 Å². The average molecular weight is 269 g/mol. The van der Waals surface area contributed by atoms with Gasteiger partial charge in [-0.05, 0) is 18.6 Å². The maximum absolute atomic E-state index is 13.6. The van der Waals surface area contributed by atoms with Gasteiger partial charge in [0.1, 0.15) is 18.2 Å². The molecule has 102 valence electrons. The predicted molar refractivity (Wildman–Crippen MR) is 64.8 cm³/mol. The van der Waals surface area contributed by atoms with E-state index in [1.165, 1.54) is 13.0 Å². The van der Waals surface area contributed by atoms with Gasteiger partial charge in [-0.2, -0.15) is 0 Å². The maximum atomic E-state index is 13.6. The Morgan fingerprint density at radius 2 is 2.00 bits per heavy atom. The molecule has 0 aromatic heterocycles. The molecule has 0 aliphatic heterocycles. The Balaban J connectivity index is 3.12. The van der Waals surface area contributed by atoms with Crippen molar-refractivity contribution in [3.05, 3.63) is 47.5 Å². The lowest BCUT2D eigenvalue weighted by atomic mass is 10.1. The third-order valence-corrected chi connectivity index (χ3v) is 2.44. The summed E-state index contributed by atoms with van der Waals surface area (Å²) in [4.78, 5) is 23.6. The van der Waals surface area contributed by atoms with Crippen LogP contribution in [0.1, 0.15) is 15.9 Å². The number of nitrogens with zero attached hydrogens (tertiary/aromatic N) is 1. The molecule has 0 spiro atoms. The standard InChI is InChI=1S/C13H13F2NO3/c1-3-4-16(7-12(17)18)13(19)9-5-8(2)10(14)6-11(9)15/h3,5-6H,1,4,7H2,2H3,(H,17,18). The quantitative estimate of drug-likeness (QED) is 0.832. The minimum Gasteiger partial charge on any atom is -0.480 e. The molecular formula is C13H13F2NO3. The molecule has 0 aliphatic carbocycles. The third kappa shape index (κ3) is 3.61. The molecule has 0 unspecified atom stereocenters. The van der Waals surface area contributed by atoms with Gasteiger partial charge >= 0.3 is 5.97 Å². The SMILES string of the molecule is C=CCN(CC(=O)O)C(=O)c1cc(C)c(F)cc1F. The number of carboxylic acid groups (broad SMARTS) is 1. The van der Waals surface area contributed by atoms with E-state index in [2.05, 4.69) is 6.58 Å². The number of aryl methyl sites for hydroxylation is 1. The van der Waals surface area contributed by atoms with Gasteiger partial charge in [0.2, 0.25) is 0 Å². The summed E-state index contributed by atoms with van der Waals surface area (Å²) >= 11 is 0. The highest BCUT2D eigenvalue weighted by Crippen LogP contribution is 2.16. The molecule has 1 aromatic carbocycles. The topological polar surface area (TPSA) is 57.6 Å². The fourth-order valence-corrected chi connectivity index (χ4v) is 1.53. The molecule has 1 amide bonds. The monoisotopic (exact) mass is 269 g/mol. The number of hydrogen-bond donors (Lipinski definition) is 1.